The number of thioether (sulfide) groups is 1. The fourth-order valence-electron chi connectivity index (χ4n) is 2.19. The average Bonchev–Trinajstić information content (AvgIpc) is 2.62. The van der Waals surface area contributed by atoms with Crippen molar-refractivity contribution in [1.82, 2.24) is 5.32 Å². The number of hydrogen-bond donors (Lipinski definition) is 1. The Kier molecular flexibility index (Phi) is 4.66. The van der Waals surface area contributed by atoms with Gasteiger partial charge in [-0.3, -0.25) is 4.79 Å². The molecule has 4 nitrogen and oxygen atoms in total. The van der Waals surface area contributed by atoms with Crippen molar-refractivity contribution in [3.05, 3.63) is 29.3 Å². The minimum absolute atomic E-state index is 0.0164. The van der Waals surface area contributed by atoms with Crippen LogP contribution >= 0.6 is 23.4 Å². The number of hydrogen-bond acceptors (Lipinski definition) is 4. The van der Waals surface area contributed by atoms with E-state index in [1.807, 2.05) is 18.2 Å². The molecule has 1 aliphatic rings. The van der Waals surface area contributed by atoms with E-state index in [0.717, 1.165) is 4.90 Å². The second-order valence-corrected chi connectivity index (χ2v) is 8.78. The molecule has 110 valence electrons. The zero-order valence-corrected chi connectivity index (χ0v) is 13.4. The lowest BCUT2D eigenvalue weighted by molar-refractivity contribution is -0.120. The highest BCUT2D eigenvalue weighted by Crippen LogP contribution is 2.27. The van der Waals surface area contributed by atoms with Gasteiger partial charge in [0.25, 0.3) is 0 Å². The number of carbonyl (C=O) groups excluding carboxylic acids is 1. The van der Waals surface area contributed by atoms with Gasteiger partial charge in [-0.2, -0.15) is 0 Å². The summed E-state index contributed by atoms with van der Waals surface area (Å²) in [7, 11) is -3.02. The van der Waals surface area contributed by atoms with Crippen LogP contribution in [-0.2, 0) is 14.6 Å². The maximum Gasteiger partial charge on any atom is 0.230 e. The van der Waals surface area contributed by atoms with Gasteiger partial charge < -0.3 is 5.32 Å². The molecule has 7 heteroatoms. The van der Waals surface area contributed by atoms with Crippen molar-refractivity contribution in [3.8, 4) is 0 Å². The van der Waals surface area contributed by atoms with E-state index in [9.17, 15) is 13.2 Å². The Hall–Kier alpha value is -0.720. The molecular formula is C13H16ClNO3S2. The molecule has 1 N–H and O–H groups in total. The summed E-state index contributed by atoms with van der Waals surface area (Å²) in [4.78, 5) is 12.8. The second kappa shape index (κ2) is 5.95. The molecule has 2 rings (SSSR count). The Morgan fingerprint density at radius 2 is 2.15 bits per heavy atom. The number of rotatable bonds is 4. The van der Waals surface area contributed by atoms with Gasteiger partial charge in [0.05, 0.1) is 27.8 Å². The number of benzene rings is 1. The zero-order chi connectivity index (χ0) is 14.8. The lowest BCUT2D eigenvalue weighted by atomic mass is 10.0. The van der Waals surface area contributed by atoms with Crippen molar-refractivity contribution >= 4 is 39.1 Å². The molecule has 0 aliphatic carbocycles. The van der Waals surface area contributed by atoms with Crippen LogP contribution in [0.25, 0.3) is 0 Å². The summed E-state index contributed by atoms with van der Waals surface area (Å²) < 4.78 is 23.0. The van der Waals surface area contributed by atoms with Gasteiger partial charge in [0.15, 0.2) is 9.84 Å². The van der Waals surface area contributed by atoms with E-state index in [2.05, 4.69) is 5.32 Å². The van der Waals surface area contributed by atoms with Gasteiger partial charge in [-0.15, -0.1) is 11.8 Å². The second-order valence-electron chi connectivity index (χ2n) is 5.17. The molecule has 0 bridgehead atoms. The Morgan fingerprint density at radius 1 is 1.45 bits per heavy atom. The average molecular weight is 334 g/mol. The molecule has 1 aromatic carbocycles. The maximum absolute atomic E-state index is 11.9. The Balaban J connectivity index is 1.89. The van der Waals surface area contributed by atoms with Crippen molar-refractivity contribution < 1.29 is 13.2 Å². The van der Waals surface area contributed by atoms with E-state index in [-0.39, 0.29) is 23.2 Å². The molecular weight excluding hydrogens is 318 g/mol. The fourth-order valence-corrected chi connectivity index (χ4v) is 5.32. The molecule has 1 fully saturated rings. The van der Waals surface area contributed by atoms with Gasteiger partial charge >= 0.3 is 0 Å². The fraction of sp³-hybridized carbons (Fsp3) is 0.462. The van der Waals surface area contributed by atoms with Gasteiger partial charge in [-0.1, -0.05) is 23.7 Å². The number of amides is 1. The summed E-state index contributed by atoms with van der Waals surface area (Å²) in [6, 6.07) is 7.31. The molecule has 1 atom stereocenters. The molecule has 1 aromatic rings. The first-order chi connectivity index (χ1) is 9.30. The number of carbonyl (C=O) groups is 1. The van der Waals surface area contributed by atoms with Gasteiger partial charge in [-0.25, -0.2) is 8.42 Å². The van der Waals surface area contributed by atoms with Crippen molar-refractivity contribution in [2.24, 2.45) is 0 Å². The normalized spacial score (nSPS) is 24.5. The molecule has 0 aromatic heterocycles. The summed E-state index contributed by atoms with van der Waals surface area (Å²) in [6.45, 7) is 1.77. The first-order valence-electron chi connectivity index (χ1n) is 6.18. The molecule has 0 saturated carbocycles. The predicted molar refractivity (Wildman–Crippen MR) is 82.0 cm³/mol. The molecule has 1 heterocycles. The Morgan fingerprint density at radius 3 is 2.75 bits per heavy atom. The van der Waals surface area contributed by atoms with Crippen molar-refractivity contribution in [2.45, 2.75) is 23.8 Å². The number of halogens is 1. The molecule has 20 heavy (non-hydrogen) atoms. The monoisotopic (exact) mass is 333 g/mol. The van der Waals surface area contributed by atoms with E-state index in [4.69, 9.17) is 11.6 Å². The molecule has 1 aliphatic heterocycles. The smallest absolute Gasteiger partial charge is 0.230 e. The highest BCUT2D eigenvalue weighted by Gasteiger charge is 2.39. The molecule has 0 radical (unpaired) electrons. The summed E-state index contributed by atoms with van der Waals surface area (Å²) in [5, 5.41) is 3.43. The first-order valence-corrected chi connectivity index (χ1v) is 9.37. The van der Waals surface area contributed by atoms with Crippen LogP contribution in [0.5, 0.6) is 0 Å². The number of sulfone groups is 1. The Labute approximate surface area is 128 Å². The molecule has 1 saturated heterocycles. The predicted octanol–water partition coefficient (Wildman–Crippen LogP) is 2.13. The van der Waals surface area contributed by atoms with Gasteiger partial charge in [0.1, 0.15) is 0 Å². The lowest BCUT2D eigenvalue weighted by Crippen LogP contribution is -2.47. The Bertz CT molecular complexity index is 618. The van der Waals surface area contributed by atoms with E-state index >= 15 is 0 Å². The third-order valence-electron chi connectivity index (χ3n) is 3.14. The van der Waals surface area contributed by atoms with Crippen LogP contribution in [0.3, 0.4) is 0 Å². The third-order valence-corrected chi connectivity index (χ3v) is 6.56. The first kappa shape index (κ1) is 15.7. The largest absolute Gasteiger partial charge is 0.349 e. The van der Waals surface area contributed by atoms with Crippen LogP contribution in [-0.4, -0.2) is 37.1 Å². The van der Waals surface area contributed by atoms with E-state index in [0.29, 0.717) is 11.4 Å². The van der Waals surface area contributed by atoms with Crippen LogP contribution in [0.2, 0.25) is 5.02 Å². The number of nitrogens with one attached hydrogen (secondary N) is 1. The van der Waals surface area contributed by atoms with Crippen LogP contribution in [0.1, 0.15) is 13.3 Å². The van der Waals surface area contributed by atoms with Crippen LogP contribution in [0, 0.1) is 0 Å². The van der Waals surface area contributed by atoms with Gasteiger partial charge in [0, 0.05) is 4.90 Å². The van der Waals surface area contributed by atoms with Gasteiger partial charge in [-0.05, 0) is 25.5 Å². The van der Waals surface area contributed by atoms with E-state index in [1.165, 1.54) is 11.8 Å². The van der Waals surface area contributed by atoms with Crippen molar-refractivity contribution in [1.29, 1.82) is 0 Å². The maximum atomic E-state index is 11.9. The summed E-state index contributed by atoms with van der Waals surface area (Å²) in [6.07, 6.45) is 0.470. The SMILES string of the molecule is C[C@]1(NC(=O)CSc2ccccc2Cl)CCS(=O)(=O)C1. The van der Waals surface area contributed by atoms with E-state index < -0.39 is 15.4 Å². The van der Waals surface area contributed by atoms with Crippen LogP contribution in [0.15, 0.2) is 29.2 Å². The molecule has 0 unspecified atom stereocenters. The van der Waals surface area contributed by atoms with Crippen molar-refractivity contribution in [2.75, 3.05) is 17.3 Å². The third kappa shape index (κ3) is 4.14. The lowest BCUT2D eigenvalue weighted by Gasteiger charge is -2.23. The molecule has 0 spiro atoms. The van der Waals surface area contributed by atoms with Crippen LogP contribution in [0.4, 0.5) is 0 Å². The highest BCUT2D eigenvalue weighted by atomic mass is 35.5. The van der Waals surface area contributed by atoms with Gasteiger partial charge in [0.2, 0.25) is 5.91 Å². The van der Waals surface area contributed by atoms with Crippen molar-refractivity contribution in [3.63, 3.8) is 0 Å². The minimum Gasteiger partial charge on any atom is -0.349 e. The summed E-state index contributed by atoms with van der Waals surface area (Å²) in [5.41, 5.74) is -0.642. The van der Waals surface area contributed by atoms with Crippen LogP contribution < -0.4 is 5.32 Å². The van der Waals surface area contributed by atoms with E-state index in [1.54, 1.807) is 13.0 Å². The zero-order valence-electron chi connectivity index (χ0n) is 11.1. The minimum atomic E-state index is -3.02. The highest BCUT2D eigenvalue weighted by molar-refractivity contribution is 8.00. The summed E-state index contributed by atoms with van der Waals surface area (Å²) >= 11 is 7.35. The summed E-state index contributed by atoms with van der Waals surface area (Å²) in [5.74, 6) is 0.207. The topological polar surface area (TPSA) is 63.2 Å². The standard InChI is InChI=1S/C13H16ClNO3S2/c1-13(6-7-20(17,18)9-13)15-12(16)8-19-11-5-3-2-4-10(11)14/h2-5H,6-9H2,1H3,(H,15,16)/t13-/m0/s1. The quantitative estimate of drug-likeness (QED) is 0.857. The molecule has 1 amide bonds.